The monoisotopic (exact) mass is 196 g/mol. The Bertz CT molecular complexity index is 280. The fraction of sp³-hybridized carbons (Fsp3) is 0.500. The Kier molecular flexibility index (Phi) is 3.71. The van der Waals surface area contributed by atoms with Crippen LogP contribution < -0.4 is 5.73 Å². The summed E-state index contributed by atoms with van der Waals surface area (Å²) < 4.78 is 5.22. The lowest BCUT2D eigenvalue weighted by atomic mass is 10.0. The molecule has 4 nitrogen and oxygen atoms in total. The minimum absolute atomic E-state index is 0.0140. The van der Waals surface area contributed by atoms with Crippen LogP contribution in [0.25, 0.3) is 0 Å². The van der Waals surface area contributed by atoms with Gasteiger partial charge in [0.15, 0.2) is 0 Å². The Morgan fingerprint density at radius 3 is 2.79 bits per heavy atom. The quantitative estimate of drug-likeness (QED) is 0.774. The molecule has 0 aliphatic rings. The summed E-state index contributed by atoms with van der Waals surface area (Å²) in [4.78, 5) is 13.0. The number of nitrogens with two attached hydrogens (primary N) is 1. The molecule has 2 N–H and O–H groups in total. The van der Waals surface area contributed by atoms with E-state index in [2.05, 4.69) is 0 Å². The van der Waals surface area contributed by atoms with Gasteiger partial charge in [0.2, 0.25) is 5.91 Å². The Morgan fingerprint density at radius 2 is 2.36 bits per heavy atom. The Morgan fingerprint density at radius 1 is 1.64 bits per heavy atom. The smallest absolute Gasteiger partial charge is 0.222 e. The summed E-state index contributed by atoms with van der Waals surface area (Å²) in [5.41, 5.74) is 5.58. The van der Waals surface area contributed by atoms with E-state index < -0.39 is 0 Å². The Balaban J connectivity index is 2.61. The summed E-state index contributed by atoms with van der Waals surface area (Å²) in [6.07, 6.45) is 2.00. The van der Waals surface area contributed by atoms with Crippen molar-refractivity contribution in [2.24, 2.45) is 5.73 Å². The second-order valence-corrected chi connectivity index (χ2v) is 3.44. The van der Waals surface area contributed by atoms with Crippen molar-refractivity contribution in [1.29, 1.82) is 0 Å². The van der Waals surface area contributed by atoms with Crippen LogP contribution in [-0.2, 0) is 4.79 Å². The summed E-state index contributed by atoms with van der Waals surface area (Å²) in [6, 6.07) is 3.65. The van der Waals surface area contributed by atoms with Crippen LogP contribution in [0.2, 0.25) is 0 Å². The molecule has 1 heterocycles. The standard InChI is InChI=1S/C10H16N2O2/c1-12(2)10(13)6-8(7-11)9-4-3-5-14-9/h3-5,8H,6-7,11H2,1-2H3/t8-/m1/s1. The van der Waals surface area contributed by atoms with Crippen molar-refractivity contribution in [3.05, 3.63) is 24.2 Å². The molecule has 1 amide bonds. The maximum absolute atomic E-state index is 11.4. The van der Waals surface area contributed by atoms with Gasteiger partial charge in [-0.2, -0.15) is 0 Å². The number of amides is 1. The van der Waals surface area contributed by atoms with Crippen LogP contribution in [0.1, 0.15) is 18.1 Å². The summed E-state index contributed by atoms with van der Waals surface area (Å²) >= 11 is 0. The molecule has 78 valence electrons. The fourth-order valence-corrected chi connectivity index (χ4v) is 1.22. The third kappa shape index (κ3) is 2.60. The molecule has 4 heteroatoms. The van der Waals surface area contributed by atoms with Gasteiger partial charge in [0, 0.05) is 33.0 Å². The van der Waals surface area contributed by atoms with Crippen molar-refractivity contribution in [2.75, 3.05) is 20.6 Å². The third-order valence-electron chi connectivity index (χ3n) is 2.15. The third-order valence-corrected chi connectivity index (χ3v) is 2.15. The second-order valence-electron chi connectivity index (χ2n) is 3.44. The van der Waals surface area contributed by atoms with Crippen LogP contribution in [0.3, 0.4) is 0 Å². The van der Waals surface area contributed by atoms with Gasteiger partial charge < -0.3 is 15.1 Å². The zero-order chi connectivity index (χ0) is 10.6. The zero-order valence-corrected chi connectivity index (χ0v) is 8.56. The van der Waals surface area contributed by atoms with E-state index in [1.807, 2.05) is 6.07 Å². The van der Waals surface area contributed by atoms with E-state index in [4.69, 9.17) is 10.2 Å². The molecule has 0 radical (unpaired) electrons. The van der Waals surface area contributed by atoms with Gasteiger partial charge >= 0.3 is 0 Å². The summed E-state index contributed by atoms with van der Waals surface area (Å²) in [5.74, 6) is 0.833. The highest BCUT2D eigenvalue weighted by Crippen LogP contribution is 2.19. The fourth-order valence-electron chi connectivity index (χ4n) is 1.22. The number of nitrogens with zero attached hydrogens (tertiary/aromatic N) is 1. The van der Waals surface area contributed by atoms with Gasteiger partial charge in [0.1, 0.15) is 5.76 Å². The van der Waals surface area contributed by atoms with Crippen LogP contribution >= 0.6 is 0 Å². The molecule has 14 heavy (non-hydrogen) atoms. The van der Waals surface area contributed by atoms with Gasteiger partial charge in [-0.1, -0.05) is 0 Å². The van der Waals surface area contributed by atoms with Crippen LogP contribution in [0.5, 0.6) is 0 Å². The summed E-state index contributed by atoms with van der Waals surface area (Å²) in [6.45, 7) is 0.424. The lowest BCUT2D eigenvalue weighted by Crippen LogP contribution is -2.26. The molecule has 0 unspecified atom stereocenters. The predicted molar refractivity (Wildman–Crippen MR) is 53.8 cm³/mol. The first-order valence-corrected chi connectivity index (χ1v) is 4.58. The minimum Gasteiger partial charge on any atom is -0.469 e. The van der Waals surface area contributed by atoms with Crippen LogP contribution in [0, 0.1) is 0 Å². The minimum atomic E-state index is -0.0140. The molecule has 0 aliphatic carbocycles. The summed E-state index contributed by atoms with van der Waals surface area (Å²) in [7, 11) is 3.47. The number of furan rings is 1. The lowest BCUT2D eigenvalue weighted by Gasteiger charge is -2.15. The highest BCUT2D eigenvalue weighted by Gasteiger charge is 2.17. The SMILES string of the molecule is CN(C)C(=O)C[C@H](CN)c1ccco1. The molecular formula is C10H16N2O2. The Hall–Kier alpha value is -1.29. The van der Waals surface area contributed by atoms with E-state index in [9.17, 15) is 4.79 Å². The first-order valence-electron chi connectivity index (χ1n) is 4.58. The van der Waals surface area contributed by atoms with Crippen molar-refractivity contribution in [2.45, 2.75) is 12.3 Å². The lowest BCUT2D eigenvalue weighted by molar-refractivity contribution is -0.129. The highest BCUT2D eigenvalue weighted by molar-refractivity contribution is 5.76. The Labute approximate surface area is 83.7 Å². The van der Waals surface area contributed by atoms with E-state index in [1.165, 1.54) is 0 Å². The molecule has 1 rings (SSSR count). The number of carbonyl (C=O) groups excluding carboxylic acids is 1. The van der Waals surface area contributed by atoms with Crippen LogP contribution in [0.15, 0.2) is 22.8 Å². The topological polar surface area (TPSA) is 59.5 Å². The van der Waals surface area contributed by atoms with Crippen molar-refractivity contribution < 1.29 is 9.21 Å². The van der Waals surface area contributed by atoms with Gasteiger partial charge in [-0.25, -0.2) is 0 Å². The number of hydrogen-bond donors (Lipinski definition) is 1. The van der Waals surface area contributed by atoms with E-state index in [0.717, 1.165) is 5.76 Å². The van der Waals surface area contributed by atoms with Crippen molar-refractivity contribution in [3.63, 3.8) is 0 Å². The molecule has 0 aromatic carbocycles. The first-order chi connectivity index (χ1) is 6.65. The average Bonchev–Trinajstić information content (AvgIpc) is 2.66. The van der Waals surface area contributed by atoms with Gasteiger partial charge in [-0.15, -0.1) is 0 Å². The van der Waals surface area contributed by atoms with Gasteiger partial charge in [0.05, 0.1) is 6.26 Å². The molecule has 0 fully saturated rings. The van der Waals surface area contributed by atoms with Crippen molar-refractivity contribution in [1.82, 2.24) is 4.90 Å². The van der Waals surface area contributed by atoms with Gasteiger partial charge in [-0.05, 0) is 12.1 Å². The molecule has 1 atom stereocenters. The van der Waals surface area contributed by atoms with E-state index >= 15 is 0 Å². The van der Waals surface area contributed by atoms with Crippen LogP contribution in [0.4, 0.5) is 0 Å². The highest BCUT2D eigenvalue weighted by atomic mass is 16.3. The van der Waals surface area contributed by atoms with Gasteiger partial charge in [0.25, 0.3) is 0 Å². The normalized spacial score (nSPS) is 12.5. The van der Waals surface area contributed by atoms with E-state index in [-0.39, 0.29) is 11.8 Å². The first kappa shape index (κ1) is 10.8. The number of rotatable bonds is 4. The molecule has 0 aliphatic heterocycles. The molecule has 0 saturated carbocycles. The van der Waals surface area contributed by atoms with Crippen molar-refractivity contribution in [3.8, 4) is 0 Å². The van der Waals surface area contributed by atoms with Crippen molar-refractivity contribution >= 4 is 5.91 Å². The largest absolute Gasteiger partial charge is 0.469 e. The summed E-state index contributed by atoms with van der Waals surface area (Å²) in [5, 5.41) is 0. The second kappa shape index (κ2) is 4.81. The maximum Gasteiger partial charge on any atom is 0.222 e. The van der Waals surface area contributed by atoms with Gasteiger partial charge in [-0.3, -0.25) is 4.79 Å². The average molecular weight is 196 g/mol. The molecule has 1 aromatic rings. The number of hydrogen-bond acceptors (Lipinski definition) is 3. The molecular weight excluding hydrogens is 180 g/mol. The number of carbonyl (C=O) groups is 1. The molecule has 0 spiro atoms. The zero-order valence-electron chi connectivity index (χ0n) is 8.56. The predicted octanol–water partition coefficient (Wildman–Crippen LogP) is 0.800. The van der Waals surface area contributed by atoms with E-state index in [1.54, 1.807) is 31.3 Å². The van der Waals surface area contributed by atoms with Crippen LogP contribution in [-0.4, -0.2) is 31.4 Å². The van der Waals surface area contributed by atoms with E-state index in [0.29, 0.717) is 13.0 Å². The molecule has 0 bridgehead atoms. The molecule has 0 saturated heterocycles. The maximum atomic E-state index is 11.4. The molecule has 1 aromatic heterocycles.